The number of anilines is 1. The number of hydrogen-bond donors (Lipinski definition) is 0. The first kappa shape index (κ1) is 26.8. The molecule has 2 aromatic rings. The highest BCUT2D eigenvalue weighted by molar-refractivity contribution is 5.81. The molecule has 0 unspecified atom stereocenters. The van der Waals surface area contributed by atoms with E-state index in [1.807, 2.05) is 27.7 Å². The molecule has 198 valence electrons. The van der Waals surface area contributed by atoms with Crippen molar-refractivity contribution in [1.29, 1.82) is 0 Å². The molecule has 37 heavy (non-hydrogen) atoms. The number of nitrogens with zero attached hydrogens (tertiary/aromatic N) is 4. The second-order valence-corrected chi connectivity index (χ2v) is 10.9. The number of carbonyl (C=O) groups is 1. The van der Waals surface area contributed by atoms with Crippen LogP contribution in [0.5, 0.6) is 0 Å². The van der Waals surface area contributed by atoms with E-state index >= 15 is 0 Å². The standard InChI is InChI=1S/C29H36F2N4O2/c1-7-21(20-11-12-20)25-24(15-18(2)22-9-8-10-23(30)26(22)31)32-17-33-27(25)35-14-13-34(16-19(35)3)28(36)37-29(4,5)6/h7-10,17,19-20H,2,11-16H2,1,3-6H3/b21-7-/t19-/m0/s1. The molecular formula is C29H36F2N4O2. The Morgan fingerprint density at radius 1 is 1.22 bits per heavy atom. The Balaban J connectivity index is 1.65. The summed E-state index contributed by atoms with van der Waals surface area (Å²) in [6.45, 7) is 15.3. The predicted octanol–water partition coefficient (Wildman–Crippen LogP) is 6.27. The number of hydrogen-bond acceptors (Lipinski definition) is 5. The number of amides is 1. The third-order valence-corrected chi connectivity index (χ3v) is 6.79. The van der Waals surface area contributed by atoms with E-state index in [4.69, 9.17) is 9.72 Å². The van der Waals surface area contributed by atoms with Crippen LogP contribution in [0.25, 0.3) is 11.1 Å². The van der Waals surface area contributed by atoms with Gasteiger partial charge in [0.25, 0.3) is 0 Å². The van der Waals surface area contributed by atoms with E-state index in [-0.39, 0.29) is 24.1 Å². The van der Waals surface area contributed by atoms with Gasteiger partial charge in [-0.3, -0.25) is 0 Å². The molecule has 1 atom stereocenters. The number of carbonyl (C=O) groups excluding carboxylic acids is 1. The van der Waals surface area contributed by atoms with Gasteiger partial charge >= 0.3 is 6.09 Å². The summed E-state index contributed by atoms with van der Waals surface area (Å²) in [4.78, 5) is 25.9. The summed E-state index contributed by atoms with van der Waals surface area (Å²) in [5.41, 5.74) is 2.89. The minimum absolute atomic E-state index is 0.0102. The summed E-state index contributed by atoms with van der Waals surface area (Å²) >= 11 is 0. The summed E-state index contributed by atoms with van der Waals surface area (Å²) in [6, 6.07) is 4.12. The average Bonchev–Trinajstić information content (AvgIpc) is 3.66. The van der Waals surface area contributed by atoms with Gasteiger partial charge in [0.05, 0.1) is 5.69 Å². The SMILES string of the molecule is C=C(Cc1ncnc(N2CCN(C(=O)OC(C)(C)C)C[C@@H]2C)c1/C(=C\C)C1CC1)c1cccc(F)c1F. The van der Waals surface area contributed by atoms with E-state index in [0.29, 0.717) is 31.1 Å². The number of ether oxygens (including phenoxy) is 1. The number of allylic oxidation sites excluding steroid dienone is 3. The van der Waals surface area contributed by atoms with Crippen LogP contribution < -0.4 is 4.90 Å². The van der Waals surface area contributed by atoms with Gasteiger partial charge in [-0.05, 0) is 70.6 Å². The summed E-state index contributed by atoms with van der Waals surface area (Å²) in [5, 5.41) is 0. The lowest BCUT2D eigenvalue weighted by Crippen LogP contribution is -2.55. The van der Waals surface area contributed by atoms with Crippen molar-refractivity contribution >= 4 is 23.1 Å². The van der Waals surface area contributed by atoms with Gasteiger partial charge in [0, 0.05) is 43.2 Å². The van der Waals surface area contributed by atoms with Gasteiger partial charge < -0.3 is 14.5 Å². The van der Waals surface area contributed by atoms with Crippen LogP contribution in [0.4, 0.5) is 19.4 Å². The number of halogens is 2. The fourth-order valence-electron chi connectivity index (χ4n) is 4.88. The fourth-order valence-corrected chi connectivity index (χ4v) is 4.88. The molecule has 8 heteroatoms. The molecule has 1 aliphatic carbocycles. The van der Waals surface area contributed by atoms with Crippen LogP contribution in [0, 0.1) is 17.6 Å². The van der Waals surface area contributed by atoms with E-state index in [2.05, 4.69) is 29.5 Å². The predicted molar refractivity (Wildman–Crippen MR) is 142 cm³/mol. The Hall–Kier alpha value is -3.29. The molecule has 1 saturated carbocycles. The highest BCUT2D eigenvalue weighted by atomic mass is 19.2. The van der Waals surface area contributed by atoms with Crippen molar-refractivity contribution < 1.29 is 18.3 Å². The molecular weight excluding hydrogens is 474 g/mol. The summed E-state index contributed by atoms with van der Waals surface area (Å²) in [5.74, 6) is -0.574. The number of piperazine rings is 1. The summed E-state index contributed by atoms with van der Waals surface area (Å²) in [6.07, 6.45) is 5.77. The summed E-state index contributed by atoms with van der Waals surface area (Å²) < 4.78 is 34.0. The van der Waals surface area contributed by atoms with Gasteiger partial charge in [-0.2, -0.15) is 0 Å². The van der Waals surface area contributed by atoms with Crippen LogP contribution in [0.3, 0.4) is 0 Å². The minimum atomic E-state index is -0.899. The first-order chi connectivity index (χ1) is 17.5. The number of aromatic nitrogens is 2. The molecule has 1 aliphatic heterocycles. The zero-order valence-electron chi connectivity index (χ0n) is 22.4. The molecule has 4 rings (SSSR count). The molecule has 6 nitrogen and oxygen atoms in total. The normalized spacial score (nSPS) is 18.7. The number of benzene rings is 1. The Kier molecular flexibility index (Phi) is 7.67. The molecule has 1 aromatic heterocycles. The van der Waals surface area contributed by atoms with Crippen molar-refractivity contribution in [1.82, 2.24) is 14.9 Å². The van der Waals surface area contributed by atoms with E-state index in [1.54, 1.807) is 4.90 Å². The van der Waals surface area contributed by atoms with Gasteiger partial charge in [0.2, 0.25) is 0 Å². The Morgan fingerprint density at radius 3 is 2.57 bits per heavy atom. The lowest BCUT2D eigenvalue weighted by molar-refractivity contribution is 0.0218. The van der Waals surface area contributed by atoms with Crippen molar-refractivity contribution in [3.05, 3.63) is 65.6 Å². The van der Waals surface area contributed by atoms with Gasteiger partial charge in [0.1, 0.15) is 17.7 Å². The molecule has 1 saturated heterocycles. The van der Waals surface area contributed by atoms with Crippen LogP contribution in [-0.4, -0.2) is 52.2 Å². The lowest BCUT2D eigenvalue weighted by atomic mass is 9.93. The maximum atomic E-state index is 14.5. The largest absolute Gasteiger partial charge is 0.444 e. The van der Waals surface area contributed by atoms with Crippen molar-refractivity contribution in [3.63, 3.8) is 0 Å². The maximum Gasteiger partial charge on any atom is 0.410 e. The van der Waals surface area contributed by atoms with E-state index < -0.39 is 17.2 Å². The maximum absolute atomic E-state index is 14.5. The van der Waals surface area contributed by atoms with Gasteiger partial charge in [-0.15, -0.1) is 0 Å². The molecule has 1 aromatic carbocycles. The highest BCUT2D eigenvalue weighted by Crippen LogP contribution is 2.46. The average molecular weight is 511 g/mol. The third-order valence-electron chi connectivity index (χ3n) is 6.79. The summed E-state index contributed by atoms with van der Waals surface area (Å²) in [7, 11) is 0. The zero-order chi connectivity index (χ0) is 26.9. The fraction of sp³-hybridized carbons (Fsp3) is 0.483. The molecule has 2 aliphatic rings. The van der Waals surface area contributed by atoms with Crippen LogP contribution in [-0.2, 0) is 11.2 Å². The second-order valence-electron chi connectivity index (χ2n) is 10.9. The quantitative estimate of drug-likeness (QED) is 0.458. The van der Waals surface area contributed by atoms with Gasteiger partial charge in [-0.25, -0.2) is 23.5 Å². The third kappa shape index (κ3) is 6.00. The smallest absolute Gasteiger partial charge is 0.410 e. The van der Waals surface area contributed by atoms with Gasteiger partial charge in [-0.1, -0.05) is 24.8 Å². The molecule has 0 N–H and O–H groups in total. The van der Waals surface area contributed by atoms with Gasteiger partial charge in [0.15, 0.2) is 11.6 Å². The number of rotatable bonds is 6. The van der Waals surface area contributed by atoms with Crippen molar-refractivity contribution in [2.75, 3.05) is 24.5 Å². The zero-order valence-corrected chi connectivity index (χ0v) is 22.4. The van der Waals surface area contributed by atoms with E-state index in [1.165, 1.54) is 24.0 Å². The second kappa shape index (κ2) is 10.6. The monoisotopic (exact) mass is 510 g/mol. The molecule has 0 spiro atoms. The van der Waals surface area contributed by atoms with E-state index in [0.717, 1.165) is 36.0 Å². The lowest BCUT2D eigenvalue weighted by Gasteiger charge is -2.41. The van der Waals surface area contributed by atoms with Crippen molar-refractivity contribution in [2.24, 2.45) is 5.92 Å². The Morgan fingerprint density at radius 2 is 1.95 bits per heavy atom. The van der Waals surface area contributed by atoms with Crippen molar-refractivity contribution in [2.45, 2.75) is 65.5 Å². The minimum Gasteiger partial charge on any atom is -0.444 e. The van der Waals surface area contributed by atoms with Crippen LogP contribution in [0.1, 0.15) is 64.3 Å². The Bertz CT molecular complexity index is 1220. The van der Waals surface area contributed by atoms with Crippen molar-refractivity contribution in [3.8, 4) is 0 Å². The molecule has 0 bridgehead atoms. The first-order valence-electron chi connectivity index (χ1n) is 12.9. The molecule has 2 heterocycles. The van der Waals surface area contributed by atoms with Crippen LogP contribution in [0.15, 0.2) is 37.2 Å². The van der Waals surface area contributed by atoms with Crippen LogP contribution in [0.2, 0.25) is 0 Å². The van der Waals surface area contributed by atoms with E-state index in [9.17, 15) is 13.6 Å². The highest BCUT2D eigenvalue weighted by Gasteiger charge is 2.35. The molecule has 2 fully saturated rings. The first-order valence-corrected chi connectivity index (χ1v) is 12.9. The topological polar surface area (TPSA) is 58.6 Å². The molecule has 1 amide bonds. The molecule has 0 radical (unpaired) electrons. The van der Waals surface area contributed by atoms with Crippen LogP contribution >= 0.6 is 0 Å². The Labute approximate surface area is 218 Å².